The number of hydrogen-bond donors (Lipinski definition) is 0. The zero-order valence-corrected chi connectivity index (χ0v) is 20.6. The van der Waals surface area contributed by atoms with Gasteiger partial charge in [0.05, 0.1) is 11.5 Å². The van der Waals surface area contributed by atoms with E-state index in [2.05, 4.69) is 32.6 Å². The van der Waals surface area contributed by atoms with Crippen LogP contribution in [0, 0.1) is 6.92 Å². The molecule has 2 unspecified atom stereocenters. The highest BCUT2D eigenvalue weighted by Crippen LogP contribution is 2.35. The standard InChI is InChI=1S/C26H25IN4O2/c1-17-7-10-20(24-28-13-4-14-29-24)21(15-17)26(32)31-16-18(8-9-19(31)11-12-27)25-30-22-5-2-3-6-23(22)33-25/h2-7,10,13-15,18-19H,8-9,11-12,16H2,1H3. The first kappa shape index (κ1) is 22.0. The Bertz CT molecular complexity index is 1240. The van der Waals surface area contributed by atoms with E-state index < -0.39 is 0 Å². The predicted octanol–water partition coefficient (Wildman–Crippen LogP) is 5.81. The molecule has 7 heteroatoms. The summed E-state index contributed by atoms with van der Waals surface area (Å²) in [5.41, 5.74) is 4.11. The number of aromatic nitrogens is 3. The van der Waals surface area contributed by atoms with Crippen molar-refractivity contribution in [3.05, 3.63) is 77.9 Å². The van der Waals surface area contributed by atoms with Gasteiger partial charge in [-0.15, -0.1) is 0 Å². The lowest BCUT2D eigenvalue weighted by atomic mass is 9.90. The molecule has 5 rings (SSSR count). The number of carbonyl (C=O) groups excluding carboxylic acids is 1. The molecule has 0 bridgehead atoms. The van der Waals surface area contributed by atoms with Gasteiger partial charge in [0.1, 0.15) is 5.52 Å². The Morgan fingerprint density at radius 2 is 1.94 bits per heavy atom. The van der Waals surface area contributed by atoms with Crippen LogP contribution in [0.25, 0.3) is 22.5 Å². The molecule has 2 aromatic carbocycles. The fourth-order valence-corrected chi connectivity index (χ4v) is 5.31. The normalized spacial score (nSPS) is 18.5. The summed E-state index contributed by atoms with van der Waals surface area (Å²) >= 11 is 2.40. The number of halogens is 1. The van der Waals surface area contributed by atoms with Gasteiger partial charge in [0.15, 0.2) is 17.3 Å². The van der Waals surface area contributed by atoms with E-state index >= 15 is 0 Å². The zero-order chi connectivity index (χ0) is 22.8. The first-order valence-electron chi connectivity index (χ1n) is 11.2. The van der Waals surface area contributed by atoms with Crippen LogP contribution >= 0.6 is 22.6 Å². The second kappa shape index (κ2) is 9.59. The van der Waals surface area contributed by atoms with Crippen LogP contribution in [0.5, 0.6) is 0 Å². The molecule has 168 valence electrons. The lowest BCUT2D eigenvalue weighted by Gasteiger charge is -2.39. The van der Waals surface area contributed by atoms with Crippen molar-refractivity contribution in [2.24, 2.45) is 0 Å². The molecule has 1 aliphatic heterocycles. The molecule has 3 heterocycles. The van der Waals surface area contributed by atoms with Gasteiger partial charge >= 0.3 is 0 Å². The fourth-order valence-electron chi connectivity index (χ4n) is 4.59. The first-order valence-corrected chi connectivity index (χ1v) is 12.8. The lowest BCUT2D eigenvalue weighted by Crippen LogP contribution is -2.46. The molecule has 0 N–H and O–H groups in total. The molecular weight excluding hydrogens is 527 g/mol. The van der Waals surface area contributed by atoms with Gasteiger partial charge in [-0.3, -0.25) is 4.79 Å². The lowest BCUT2D eigenvalue weighted by molar-refractivity contribution is 0.0570. The second-order valence-corrected chi connectivity index (χ2v) is 9.58. The van der Waals surface area contributed by atoms with E-state index in [9.17, 15) is 4.79 Å². The van der Waals surface area contributed by atoms with Crippen LogP contribution < -0.4 is 0 Å². The summed E-state index contributed by atoms with van der Waals surface area (Å²) in [4.78, 5) is 29.6. The number of oxazole rings is 1. The van der Waals surface area contributed by atoms with E-state index in [0.717, 1.165) is 51.8 Å². The number of para-hydroxylation sites is 2. The van der Waals surface area contributed by atoms with E-state index in [0.29, 0.717) is 17.9 Å². The maximum atomic E-state index is 14.0. The van der Waals surface area contributed by atoms with E-state index in [4.69, 9.17) is 9.40 Å². The number of piperidine rings is 1. The molecule has 0 spiro atoms. The number of hydrogen-bond acceptors (Lipinski definition) is 5. The molecule has 1 fully saturated rings. The van der Waals surface area contributed by atoms with Crippen molar-refractivity contribution in [3.63, 3.8) is 0 Å². The SMILES string of the molecule is Cc1ccc(-c2ncccn2)c(C(=O)N2CC(c3nc4ccccc4o3)CCC2CCI)c1. The number of aryl methyl sites for hydroxylation is 1. The minimum absolute atomic E-state index is 0.0248. The molecule has 1 aliphatic rings. The van der Waals surface area contributed by atoms with Crippen LogP contribution in [0.4, 0.5) is 0 Å². The smallest absolute Gasteiger partial charge is 0.254 e. The molecule has 0 radical (unpaired) electrons. The third-order valence-corrected chi connectivity index (χ3v) is 6.90. The Hall–Kier alpha value is -2.81. The van der Waals surface area contributed by atoms with Crippen molar-refractivity contribution in [3.8, 4) is 11.4 Å². The van der Waals surface area contributed by atoms with E-state index in [1.807, 2.05) is 54.3 Å². The Labute approximate surface area is 206 Å². The van der Waals surface area contributed by atoms with Gasteiger partial charge in [-0.1, -0.05) is 52.4 Å². The molecule has 4 aromatic rings. The highest BCUT2D eigenvalue weighted by Gasteiger charge is 2.35. The molecule has 2 atom stereocenters. The van der Waals surface area contributed by atoms with Gasteiger partial charge in [-0.2, -0.15) is 0 Å². The number of alkyl halides is 1. The molecule has 2 aromatic heterocycles. The van der Waals surface area contributed by atoms with Crippen LogP contribution in [0.15, 0.2) is 65.3 Å². The van der Waals surface area contributed by atoms with Crippen LogP contribution in [-0.2, 0) is 0 Å². The van der Waals surface area contributed by atoms with Gasteiger partial charge in [0.2, 0.25) is 0 Å². The Balaban J connectivity index is 1.50. The molecule has 1 saturated heterocycles. The fraction of sp³-hybridized carbons (Fsp3) is 0.308. The first-order chi connectivity index (χ1) is 16.1. The summed E-state index contributed by atoms with van der Waals surface area (Å²) in [5.74, 6) is 1.39. The number of fused-ring (bicyclic) bond motifs is 1. The molecule has 6 nitrogen and oxygen atoms in total. The number of likely N-dealkylation sites (tertiary alicyclic amines) is 1. The van der Waals surface area contributed by atoms with E-state index in [1.165, 1.54) is 0 Å². The summed E-state index contributed by atoms with van der Waals surface area (Å²) in [5, 5.41) is 0. The molecule has 0 saturated carbocycles. The number of benzene rings is 2. The van der Waals surface area contributed by atoms with E-state index in [1.54, 1.807) is 18.5 Å². The minimum atomic E-state index is 0.0248. The zero-order valence-electron chi connectivity index (χ0n) is 18.4. The molecule has 33 heavy (non-hydrogen) atoms. The maximum absolute atomic E-state index is 14.0. The van der Waals surface area contributed by atoms with Gasteiger partial charge in [0.25, 0.3) is 5.91 Å². The minimum Gasteiger partial charge on any atom is -0.440 e. The summed E-state index contributed by atoms with van der Waals surface area (Å²) < 4.78 is 7.08. The Kier molecular flexibility index (Phi) is 6.39. The van der Waals surface area contributed by atoms with Crippen molar-refractivity contribution < 1.29 is 9.21 Å². The van der Waals surface area contributed by atoms with Crippen molar-refractivity contribution in [1.82, 2.24) is 19.9 Å². The monoisotopic (exact) mass is 552 g/mol. The molecule has 1 amide bonds. The number of nitrogens with zero attached hydrogens (tertiary/aromatic N) is 4. The predicted molar refractivity (Wildman–Crippen MR) is 137 cm³/mol. The van der Waals surface area contributed by atoms with Gasteiger partial charge in [0, 0.05) is 35.0 Å². The third kappa shape index (κ3) is 4.51. The average molecular weight is 552 g/mol. The summed E-state index contributed by atoms with van der Waals surface area (Å²) in [7, 11) is 0. The second-order valence-electron chi connectivity index (χ2n) is 8.50. The number of amides is 1. The van der Waals surface area contributed by atoms with E-state index in [-0.39, 0.29) is 17.9 Å². The van der Waals surface area contributed by atoms with Gasteiger partial charge < -0.3 is 9.32 Å². The summed E-state index contributed by atoms with van der Waals surface area (Å²) in [6.07, 6.45) is 6.27. The van der Waals surface area contributed by atoms with Crippen LogP contribution in [0.3, 0.4) is 0 Å². The molecular formula is C26H25IN4O2. The highest BCUT2D eigenvalue weighted by atomic mass is 127. The topological polar surface area (TPSA) is 72.1 Å². The Morgan fingerprint density at radius 3 is 2.73 bits per heavy atom. The average Bonchev–Trinajstić information content (AvgIpc) is 3.29. The summed E-state index contributed by atoms with van der Waals surface area (Å²) in [6.45, 7) is 2.60. The number of carbonyl (C=O) groups is 1. The van der Waals surface area contributed by atoms with Gasteiger partial charge in [-0.05, 0) is 50.5 Å². The largest absolute Gasteiger partial charge is 0.440 e. The van der Waals surface area contributed by atoms with Crippen LogP contribution in [0.1, 0.15) is 47.0 Å². The number of rotatable bonds is 5. The van der Waals surface area contributed by atoms with Crippen molar-refractivity contribution in [1.29, 1.82) is 0 Å². The highest BCUT2D eigenvalue weighted by molar-refractivity contribution is 14.1. The Morgan fingerprint density at radius 1 is 1.12 bits per heavy atom. The third-order valence-electron chi connectivity index (χ3n) is 6.28. The summed E-state index contributed by atoms with van der Waals surface area (Å²) in [6, 6.07) is 15.7. The van der Waals surface area contributed by atoms with Crippen LogP contribution in [0.2, 0.25) is 0 Å². The van der Waals surface area contributed by atoms with Crippen LogP contribution in [-0.4, -0.2) is 42.8 Å². The van der Waals surface area contributed by atoms with Crippen molar-refractivity contribution in [2.75, 3.05) is 11.0 Å². The molecule has 0 aliphatic carbocycles. The van der Waals surface area contributed by atoms with Crippen molar-refractivity contribution in [2.45, 2.75) is 38.1 Å². The maximum Gasteiger partial charge on any atom is 0.254 e. The quantitative estimate of drug-likeness (QED) is 0.231. The van der Waals surface area contributed by atoms with Gasteiger partial charge in [-0.25, -0.2) is 15.0 Å². The van der Waals surface area contributed by atoms with Crippen molar-refractivity contribution >= 4 is 39.6 Å².